The number of carbonyl (C=O) groups is 1. The number of carboxylic acids is 1. The van der Waals surface area contributed by atoms with Crippen LogP contribution in [0.1, 0.15) is 10.5 Å². The zero-order valence-corrected chi connectivity index (χ0v) is 12.5. The molecular formula is C13H14N2O5S. The molecule has 1 heterocycles. The molecule has 0 fully saturated rings. The Morgan fingerprint density at radius 2 is 2.00 bits per heavy atom. The smallest absolute Gasteiger partial charge is 0.356 e. The molecule has 0 aliphatic heterocycles. The average Bonchev–Trinajstić information content (AvgIpc) is 2.79. The van der Waals surface area contributed by atoms with Gasteiger partial charge in [-0.15, -0.1) is 0 Å². The lowest BCUT2D eigenvalue weighted by Crippen LogP contribution is -2.02. The minimum atomic E-state index is -3.47. The van der Waals surface area contributed by atoms with E-state index in [1.54, 1.807) is 13.1 Å². The third-order valence-electron chi connectivity index (χ3n) is 2.96. The third kappa shape index (κ3) is 2.89. The van der Waals surface area contributed by atoms with Gasteiger partial charge in [0.2, 0.25) is 0 Å². The molecule has 112 valence electrons. The van der Waals surface area contributed by atoms with Crippen LogP contribution in [0.4, 0.5) is 0 Å². The minimum absolute atomic E-state index is 0.0422. The standard InChI is InChI=1S/C13H14N2O5S/c1-15-10(7-9(14-15)13(16)17)8-4-5-11(20-2)12(6-8)21(3,18)19/h4-7H,1-3H3,(H,16,17). The fourth-order valence-corrected chi connectivity index (χ4v) is 2.83. The van der Waals surface area contributed by atoms with E-state index in [1.165, 1.54) is 30.0 Å². The van der Waals surface area contributed by atoms with Crippen LogP contribution in [-0.4, -0.2) is 42.6 Å². The van der Waals surface area contributed by atoms with Gasteiger partial charge >= 0.3 is 5.97 Å². The molecule has 2 rings (SSSR count). The first-order chi connectivity index (χ1) is 9.74. The molecule has 0 spiro atoms. The van der Waals surface area contributed by atoms with Gasteiger partial charge in [0.05, 0.1) is 12.8 Å². The van der Waals surface area contributed by atoms with Crippen LogP contribution >= 0.6 is 0 Å². The number of nitrogens with zero attached hydrogens (tertiary/aromatic N) is 2. The van der Waals surface area contributed by atoms with Crippen molar-refractivity contribution < 1.29 is 23.1 Å². The number of benzene rings is 1. The third-order valence-corrected chi connectivity index (χ3v) is 4.08. The highest BCUT2D eigenvalue weighted by molar-refractivity contribution is 7.90. The number of rotatable bonds is 4. The Morgan fingerprint density at radius 1 is 1.33 bits per heavy atom. The molecule has 0 aliphatic carbocycles. The highest BCUT2D eigenvalue weighted by Gasteiger charge is 2.18. The van der Waals surface area contributed by atoms with Gasteiger partial charge in [-0.2, -0.15) is 5.10 Å². The highest BCUT2D eigenvalue weighted by Crippen LogP contribution is 2.30. The van der Waals surface area contributed by atoms with E-state index in [-0.39, 0.29) is 16.3 Å². The monoisotopic (exact) mass is 310 g/mol. The molecule has 0 aliphatic rings. The number of hydrogen-bond donors (Lipinski definition) is 1. The largest absolute Gasteiger partial charge is 0.495 e. The fourth-order valence-electron chi connectivity index (χ4n) is 1.97. The van der Waals surface area contributed by atoms with Gasteiger partial charge in [0.1, 0.15) is 10.6 Å². The van der Waals surface area contributed by atoms with E-state index in [0.29, 0.717) is 11.3 Å². The molecule has 0 atom stereocenters. The molecule has 0 radical (unpaired) electrons. The summed E-state index contributed by atoms with van der Waals surface area (Å²) in [5, 5.41) is 12.8. The predicted molar refractivity (Wildman–Crippen MR) is 75.3 cm³/mol. The van der Waals surface area contributed by atoms with E-state index >= 15 is 0 Å². The molecule has 7 nitrogen and oxygen atoms in total. The summed E-state index contributed by atoms with van der Waals surface area (Å²) in [4.78, 5) is 11.0. The number of methoxy groups -OCH3 is 1. The number of aromatic carboxylic acids is 1. The van der Waals surface area contributed by atoms with Gasteiger partial charge in [-0.25, -0.2) is 13.2 Å². The van der Waals surface area contributed by atoms with E-state index < -0.39 is 15.8 Å². The molecule has 1 N–H and O–H groups in total. The van der Waals surface area contributed by atoms with Crippen LogP contribution in [0, 0.1) is 0 Å². The molecule has 1 aromatic heterocycles. The number of sulfone groups is 1. The number of aromatic nitrogens is 2. The first kappa shape index (κ1) is 15.0. The van der Waals surface area contributed by atoms with Crippen molar-refractivity contribution in [1.29, 1.82) is 0 Å². The second kappa shape index (κ2) is 5.21. The van der Waals surface area contributed by atoms with Crippen LogP contribution in [0.3, 0.4) is 0 Å². The van der Waals surface area contributed by atoms with Crippen molar-refractivity contribution in [3.05, 3.63) is 30.0 Å². The van der Waals surface area contributed by atoms with Crippen molar-refractivity contribution in [2.75, 3.05) is 13.4 Å². The summed E-state index contributed by atoms with van der Waals surface area (Å²) >= 11 is 0. The van der Waals surface area contributed by atoms with Crippen LogP contribution in [0.25, 0.3) is 11.3 Å². The van der Waals surface area contributed by atoms with Crippen molar-refractivity contribution in [1.82, 2.24) is 9.78 Å². The topological polar surface area (TPSA) is 98.5 Å². The Bertz CT molecular complexity index is 808. The molecule has 0 amide bonds. The maximum absolute atomic E-state index is 11.8. The average molecular weight is 310 g/mol. The molecule has 0 saturated carbocycles. The SMILES string of the molecule is COc1ccc(-c2cc(C(=O)O)nn2C)cc1S(C)(=O)=O. The fraction of sp³-hybridized carbons (Fsp3) is 0.231. The first-order valence-electron chi connectivity index (χ1n) is 5.90. The van der Waals surface area contributed by atoms with Crippen molar-refractivity contribution >= 4 is 15.8 Å². The van der Waals surface area contributed by atoms with Gasteiger partial charge < -0.3 is 9.84 Å². The number of hydrogen-bond acceptors (Lipinski definition) is 5. The Balaban J connectivity index is 2.63. The minimum Gasteiger partial charge on any atom is -0.495 e. The van der Waals surface area contributed by atoms with Crippen LogP contribution in [-0.2, 0) is 16.9 Å². The van der Waals surface area contributed by atoms with Gasteiger partial charge in [0.15, 0.2) is 15.5 Å². The van der Waals surface area contributed by atoms with E-state index in [2.05, 4.69) is 5.10 Å². The normalized spacial score (nSPS) is 11.4. The van der Waals surface area contributed by atoms with Crippen LogP contribution in [0.5, 0.6) is 5.75 Å². The Kier molecular flexibility index (Phi) is 3.73. The van der Waals surface area contributed by atoms with Crippen LogP contribution in [0.15, 0.2) is 29.2 Å². The summed E-state index contributed by atoms with van der Waals surface area (Å²) in [6, 6.07) is 6.00. The first-order valence-corrected chi connectivity index (χ1v) is 7.79. The Labute approximate surface area is 121 Å². The van der Waals surface area contributed by atoms with Crippen molar-refractivity contribution in [3.63, 3.8) is 0 Å². The van der Waals surface area contributed by atoms with E-state index in [4.69, 9.17) is 9.84 Å². The summed E-state index contributed by atoms with van der Waals surface area (Å²) < 4.78 is 30.0. The summed E-state index contributed by atoms with van der Waals surface area (Å²) in [5.74, 6) is -0.907. The zero-order valence-electron chi connectivity index (χ0n) is 11.7. The van der Waals surface area contributed by atoms with Crippen molar-refractivity contribution in [2.45, 2.75) is 4.90 Å². The van der Waals surface area contributed by atoms with E-state index in [1.807, 2.05) is 0 Å². The van der Waals surface area contributed by atoms with E-state index in [0.717, 1.165) is 6.26 Å². The van der Waals surface area contributed by atoms with Gasteiger partial charge in [0.25, 0.3) is 0 Å². The molecule has 0 bridgehead atoms. The second-order valence-corrected chi connectivity index (χ2v) is 6.47. The maximum atomic E-state index is 11.8. The second-order valence-electron chi connectivity index (χ2n) is 4.48. The maximum Gasteiger partial charge on any atom is 0.356 e. The summed E-state index contributed by atoms with van der Waals surface area (Å²) in [7, 11) is -0.495. The van der Waals surface area contributed by atoms with Gasteiger partial charge in [0, 0.05) is 18.9 Å². The van der Waals surface area contributed by atoms with Crippen LogP contribution < -0.4 is 4.74 Å². The number of ether oxygens (including phenoxy) is 1. The molecule has 21 heavy (non-hydrogen) atoms. The van der Waals surface area contributed by atoms with Gasteiger partial charge in [-0.3, -0.25) is 4.68 Å². The Hall–Kier alpha value is -2.35. The summed E-state index contributed by atoms with van der Waals surface area (Å²) in [6.45, 7) is 0. The number of carboxylic acid groups (broad SMARTS) is 1. The zero-order chi connectivity index (χ0) is 15.8. The quantitative estimate of drug-likeness (QED) is 0.911. The Morgan fingerprint density at radius 3 is 2.48 bits per heavy atom. The molecule has 2 aromatic rings. The van der Waals surface area contributed by atoms with Crippen molar-refractivity contribution in [2.24, 2.45) is 7.05 Å². The molecule has 0 saturated heterocycles. The van der Waals surface area contributed by atoms with Gasteiger partial charge in [-0.1, -0.05) is 0 Å². The van der Waals surface area contributed by atoms with Crippen molar-refractivity contribution in [3.8, 4) is 17.0 Å². The lowest BCUT2D eigenvalue weighted by molar-refractivity contribution is 0.0689. The molecule has 8 heteroatoms. The highest BCUT2D eigenvalue weighted by atomic mass is 32.2. The molecular weight excluding hydrogens is 296 g/mol. The summed E-state index contributed by atoms with van der Waals surface area (Å²) in [5.41, 5.74) is 0.933. The van der Waals surface area contributed by atoms with Gasteiger partial charge in [-0.05, 0) is 24.3 Å². The predicted octanol–water partition coefficient (Wildman–Crippen LogP) is 1.20. The lowest BCUT2D eigenvalue weighted by Gasteiger charge is -2.09. The van der Waals surface area contributed by atoms with E-state index in [9.17, 15) is 13.2 Å². The molecule has 1 aromatic carbocycles. The molecule has 0 unspecified atom stereocenters. The lowest BCUT2D eigenvalue weighted by atomic mass is 10.1. The summed E-state index contributed by atoms with van der Waals surface area (Å²) in [6.07, 6.45) is 1.08. The number of aryl methyl sites for hydroxylation is 1. The van der Waals surface area contributed by atoms with Crippen LogP contribution in [0.2, 0.25) is 0 Å².